The minimum absolute atomic E-state index is 0.806. The third-order valence-electron chi connectivity index (χ3n) is 2.17. The van der Waals surface area contributed by atoms with Gasteiger partial charge in [-0.3, -0.25) is 0 Å². The monoisotopic (exact) mass is 288 g/mol. The molecule has 72 valence electrons. The van der Waals surface area contributed by atoms with Gasteiger partial charge in [0.25, 0.3) is 0 Å². The Balaban J connectivity index is 2.32. The molecular formula is C12H17I. The number of alkyl halides is 1. The fourth-order valence-corrected chi connectivity index (χ4v) is 2.35. The molecule has 1 atom stereocenters. The van der Waals surface area contributed by atoms with E-state index < -0.39 is 0 Å². The van der Waals surface area contributed by atoms with Gasteiger partial charge in [-0.15, -0.1) is 0 Å². The van der Waals surface area contributed by atoms with Crippen molar-refractivity contribution in [2.75, 3.05) is 0 Å². The second-order valence-electron chi connectivity index (χ2n) is 3.43. The summed E-state index contributed by atoms with van der Waals surface area (Å²) in [5.41, 5.74) is 1.47. The number of hydrogen-bond acceptors (Lipinski definition) is 0. The molecule has 0 heterocycles. The van der Waals surface area contributed by atoms with Crippen molar-refractivity contribution in [3.05, 3.63) is 35.9 Å². The normalized spacial score (nSPS) is 12.8. The molecule has 0 aliphatic rings. The van der Waals surface area contributed by atoms with Crippen LogP contribution in [0.2, 0.25) is 0 Å². The Hall–Kier alpha value is -0.0500. The molecule has 1 unspecified atom stereocenters. The molecule has 0 saturated heterocycles. The van der Waals surface area contributed by atoms with Crippen LogP contribution >= 0.6 is 22.6 Å². The quantitative estimate of drug-likeness (QED) is 0.562. The molecular weight excluding hydrogens is 271 g/mol. The standard InChI is InChI=1S/C12H17I/c1-2-3-9-12(13)10-11-7-5-4-6-8-11/h4-8,12H,2-3,9-10H2,1H3. The van der Waals surface area contributed by atoms with Gasteiger partial charge in [-0.05, 0) is 18.4 Å². The fraction of sp³-hybridized carbons (Fsp3) is 0.500. The van der Waals surface area contributed by atoms with Gasteiger partial charge in [0.1, 0.15) is 0 Å². The summed E-state index contributed by atoms with van der Waals surface area (Å²) in [4.78, 5) is 0. The molecule has 0 bridgehead atoms. The van der Waals surface area contributed by atoms with Crippen LogP contribution in [0.1, 0.15) is 31.7 Å². The molecule has 0 amide bonds. The highest BCUT2D eigenvalue weighted by atomic mass is 127. The first kappa shape index (κ1) is 11.0. The van der Waals surface area contributed by atoms with Gasteiger partial charge >= 0.3 is 0 Å². The van der Waals surface area contributed by atoms with E-state index in [4.69, 9.17) is 0 Å². The van der Waals surface area contributed by atoms with Crippen LogP contribution in [0.15, 0.2) is 30.3 Å². The van der Waals surface area contributed by atoms with Gasteiger partial charge in [-0.25, -0.2) is 0 Å². The average molecular weight is 288 g/mol. The van der Waals surface area contributed by atoms with E-state index in [0.717, 1.165) is 3.92 Å². The molecule has 13 heavy (non-hydrogen) atoms. The molecule has 1 aromatic rings. The molecule has 1 rings (SSSR count). The summed E-state index contributed by atoms with van der Waals surface area (Å²) >= 11 is 2.57. The highest BCUT2D eigenvalue weighted by molar-refractivity contribution is 14.1. The van der Waals surface area contributed by atoms with E-state index in [1.165, 1.54) is 31.2 Å². The summed E-state index contributed by atoms with van der Waals surface area (Å²) in [6.07, 6.45) is 5.25. The lowest BCUT2D eigenvalue weighted by atomic mass is 10.1. The SMILES string of the molecule is CCCCC(I)Cc1ccccc1. The summed E-state index contributed by atoms with van der Waals surface area (Å²) in [6, 6.07) is 10.8. The minimum Gasteiger partial charge on any atom is -0.0823 e. The lowest BCUT2D eigenvalue weighted by Gasteiger charge is -2.08. The summed E-state index contributed by atoms with van der Waals surface area (Å²) in [7, 11) is 0. The predicted molar refractivity (Wildman–Crippen MR) is 67.5 cm³/mol. The van der Waals surface area contributed by atoms with Crippen molar-refractivity contribution in [3.8, 4) is 0 Å². The Morgan fingerprint density at radius 2 is 1.92 bits per heavy atom. The summed E-state index contributed by atoms with van der Waals surface area (Å²) in [5.74, 6) is 0. The Morgan fingerprint density at radius 1 is 1.23 bits per heavy atom. The molecule has 0 fully saturated rings. The van der Waals surface area contributed by atoms with Crippen LogP contribution in [0, 0.1) is 0 Å². The molecule has 1 heteroatoms. The van der Waals surface area contributed by atoms with Crippen LogP contribution < -0.4 is 0 Å². The highest BCUT2D eigenvalue weighted by Crippen LogP contribution is 2.16. The van der Waals surface area contributed by atoms with Gasteiger partial charge in [0.05, 0.1) is 0 Å². The van der Waals surface area contributed by atoms with Crippen molar-refractivity contribution in [2.45, 2.75) is 36.5 Å². The first-order valence-corrected chi connectivity index (χ1v) is 6.25. The molecule has 0 nitrogen and oxygen atoms in total. The zero-order chi connectivity index (χ0) is 9.52. The number of hydrogen-bond donors (Lipinski definition) is 0. The molecule has 1 aromatic carbocycles. The first-order valence-electron chi connectivity index (χ1n) is 5.01. The van der Waals surface area contributed by atoms with Gasteiger partial charge in [-0.2, -0.15) is 0 Å². The van der Waals surface area contributed by atoms with E-state index in [0.29, 0.717) is 0 Å². The molecule has 0 aliphatic carbocycles. The number of halogens is 1. The topological polar surface area (TPSA) is 0 Å². The van der Waals surface area contributed by atoms with Gasteiger partial charge in [0, 0.05) is 3.92 Å². The van der Waals surface area contributed by atoms with Gasteiger partial charge in [-0.1, -0.05) is 72.7 Å². The maximum Gasteiger partial charge on any atom is 0.0150 e. The van der Waals surface area contributed by atoms with Crippen molar-refractivity contribution in [1.29, 1.82) is 0 Å². The molecule has 0 N–H and O–H groups in total. The van der Waals surface area contributed by atoms with Crippen LogP contribution in [0.4, 0.5) is 0 Å². The third-order valence-corrected chi connectivity index (χ3v) is 3.23. The molecule has 0 spiro atoms. The summed E-state index contributed by atoms with van der Waals surface area (Å²) in [6.45, 7) is 2.26. The van der Waals surface area contributed by atoms with Crippen LogP contribution in [-0.4, -0.2) is 3.92 Å². The van der Waals surface area contributed by atoms with Crippen LogP contribution in [0.25, 0.3) is 0 Å². The van der Waals surface area contributed by atoms with Crippen LogP contribution in [0.3, 0.4) is 0 Å². The van der Waals surface area contributed by atoms with Gasteiger partial charge in [0.2, 0.25) is 0 Å². The number of rotatable bonds is 5. The maximum atomic E-state index is 2.57. The van der Waals surface area contributed by atoms with Gasteiger partial charge in [0.15, 0.2) is 0 Å². The Kier molecular flexibility index (Phi) is 5.44. The highest BCUT2D eigenvalue weighted by Gasteiger charge is 2.03. The van der Waals surface area contributed by atoms with Gasteiger partial charge < -0.3 is 0 Å². The lowest BCUT2D eigenvalue weighted by Crippen LogP contribution is -2.01. The summed E-state index contributed by atoms with van der Waals surface area (Å²) in [5, 5.41) is 0. The minimum atomic E-state index is 0.806. The zero-order valence-corrected chi connectivity index (χ0v) is 10.3. The fourth-order valence-electron chi connectivity index (χ4n) is 1.40. The number of unbranched alkanes of at least 4 members (excludes halogenated alkanes) is 1. The smallest absolute Gasteiger partial charge is 0.0150 e. The molecule has 0 saturated carbocycles. The van der Waals surface area contributed by atoms with Crippen LogP contribution in [0.5, 0.6) is 0 Å². The molecule has 0 aliphatic heterocycles. The third kappa shape index (κ3) is 4.65. The van der Waals surface area contributed by atoms with E-state index >= 15 is 0 Å². The summed E-state index contributed by atoms with van der Waals surface area (Å²) < 4.78 is 0.806. The average Bonchev–Trinajstić information content (AvgIpc) is 2.16. The first-order chi connectivity index (χ1) is 6.33. The predicted octanol–water partition coefficient (Wildman–Crippen LogP) is 4.22. The van der Waals surface area contributed by atoms with E-state index in [1.54, 1.807) is 0 Å². The lowest BCUT2D eigenvalue weighted by molar-refractivity contribution is 0.696. The van der Waals surface area contributed by atoms with Crippen LogP contribution in [-0.2, 0) is 6.42 Å². The Bertz CT molecular complexity index is 218. The van der Waals surface area contributed by atoms with Crippen molar-refractivity contribution in [2.24, 2.45) is 0 Å². The van der Waals surface area contributed by atoms with E-state index in [-0.39, 0.29) is 0 Å². The second kappa shape index (κ2) is 6.41. The molecule has 0 radical (unpaired) electrons. The largest absolute Gasteiger partial charge is 0.0823 e. The van der Waals surface area contributed by atoms with E-state index in [1.807, 2.05) is 0 Å². The Morgan fingerprint density at radius 3 is 2.54 bits per heavy atom. The van der Waals surface area contributed by atoms with Crippen molar-refractivity contribution in [3.63, 3.8) is 0 Å². The van der Waals surface area contributed by atoms with Crippen molar-refractivity contribution in [1.82, 2.24) is 0 Å². The second-order valence-corrected chi connectivity index (χ2v) is 5.19. The van der Waals surface area contributed by atoms with Crippen molar-refractivity contribution >= 4 is 22.6 Å². The maximum absolute atomic E-state index is 2.57. The number of benzene rings is 1. The van der Waals surface area contributed by atoms with E-state index in [2.05, 4.69) is 59.8 Å². The van der Waals surface area contributed by atoms with Crippen molar-refractivity contribution < 1.29 is 0 Å². The zero-order valence-electron chi connectivity index (χ0n) is 8.17. The van der Waals surface area contributed by atoms with E-state index in [9.17, 15) is 0 Å². The Labute approximate surface area is 94.9 Å². The molecule has 0 aromatic heterocycles.